The first-order valence-corrected chi connectivity index (χ1v) is 6.94. The number of hydrogen-bond acceptors (Lipinski definition) is 3. The van der Waals surface area contributed by atoms with E-state index in [9.17, 15) is 4.79 Å². The molecule has 1 aliphatic carbocycles. The molecule has 19 heavy (non-hydrogen) atoms. The number of rotatable bonds is 1. The fraction of sp³-hybridized carbons (Fsp3) is 0.533. The first-order valence-electron chi connectivity index (χ1n) is 6.94. The van der Waals surface area contributed by atoms with Crippen LogP contribution in [0.2, 0.25) is 0 Å². The molecule has 102 valence electrons. The number of benzene rings is 1. The van der Waals surface area contributed by atoms with E-state index in [1.807, 2.05) is 6.07 Å². The van der Waals surface area contributed by atoms with Crippen LogP contribution in [-0.2, 0) is 4.79 Å². The van der Waals surface area contributed by atoms with Crippen molar-refractivity contribution in [3.63, 3.8) is 0 Å². The third kappa shape index (κ3) is 2.32. The molecule has 4 nitrogen and oxygen atoms in total. The van der Waals surface area contributed by atoms with E-state index in [1.165, 1.54) is 5.56 Å². The number of hydrogen-bond donors (Lipinski definition) is 1. The van der Waals surface area contributed by atoms with Gasteiger partial charge in [0.05, 0.1) is 5.69 Å². The standard InChI is InChI=1S/C15H20N2O2/c1-17-13-7-4-11(8-14(13)19-9-15(17)18)10-2-5-12(16)6-3-10/h4,7-8,10,12H,2-3,5-6,9,16H2,1H3. The first kappa shape index (κ1) is 12.5. The highest BCUT2D eigenvalue weighted by Gasteiger charge is 2.25. The molecule has 1 aromatic rings. The summed E-state index contributed by atoms with van der Waals surface area (Å²) in [6.45, 7) is 0.141. The van der Waals surface area contributed by atoms with Gasteiger partial charge in [-0.15, -0.1) is 0 Å². The summed E-state index contributed by atoms with van der Waals surface area (Å²) in [5.74, 6) is 1.41. The zero-order chi connectivity index (χ0) is 13.4. The predicted molar refractivity (Wildman–Crippen MR) is 74.5 cm³/mol. The molecular formula is C15H20N2O2. The highest BCUT2D eigenvalue weighted by Crippen LogP contribution is 2.38. The van der Waals surface area contributed by atoms with Crippen LogP contribution in [0, 0.1) is 0 Å². The third-order valence-corrected chi connectivity index (χ3v) is 4.31. The van der Waals surface area contributed by atoms with Gasteiger partial charge in [-0.05, 0) is 49.3 Å². The van der Waals surface area contributed by atoms with Crippen molar-refractivity contribution in [2.24, 2.45) is 5.73 Å². The van der Waals surface area contributed by atoms with E-state index < -0.39 is 0 Å². The third-order valence-electron chi connectivity index (χ3n) is 4.31. The quantitative estimate of drug-likeness (QED) is 0.840. The second-order valence-electron chi connectivity index (χ2n) is 5.58. The molecule has 0 spiro atoms. The molecule has 0 bridgehead atoms. The van der Waals surface area contributed by atoms with Crippen molar-refractivity contribution in [2.75, 3.05) is 18.6 Å². The number of likely N-dealkylation sites (N-methyl/N-ethyl adjacent to an activating group) is 1. The van der Waals surface area contributed by atoms with E-state index in [0.717, 1.165) is 37.1 Å². The molecule has 0 atom stereocenters. The molecule has 3 rings (SSSR count). The molecule has 0 unspecified atom stereocenters. The summed E-state index contributed by atoms with van der Waals surface area (Å²) in [6, 6.07) is 6.59. The Morgan fingerprint density at radius 2 is 2.00 bits per heavy atom. The maximum atomic E-state index is 11.6. The Labute approximate surface area is 113 Å². The minimum absolute atomic E-state index is 0.00360. The van der Waals surface area contributed by atoms with E-state index in [2.05, 4.69) is 12.1 Å². The van der Waals surface area contributed by atoms with Crippen LogP contribution in [0.5, 0.6) is 5.75 Å². The number of amides is 1. The molecule has 0 radical (unpaired) electrons. The largest absolute Gasteiger partial charge is 0.482 e. The summed E-state index contributed by atoms with van der Waals surface area (Å²) in [4.78, 5) is 13.2. The lowest BCUT2D eigenvalue weighted by molar-refractivity contribution is -0.120. The number of fused-ring (bicyclic) bond motifs is 1. The number of nitrogens with zero attached hydrogens (tertiary/aromatic N) is 1. The van der Waals surface area contributed by atoms with Gasteiger partial charge in [-0.25, -0.2) is 0 Å². The lowest BCUT2D eigenvalue weighted by atomic mass is 9.82. The molecule has 1 saturated carbocycles. The Kier molecular flexibility index (Phi) is 3.19. The highest BCUT2D eigenvalue weighted by molar-refractivity contribution is 5.97. The number of nitrogens with two attached hydrogens (primary N) is 1. The number of carbonyl (C=O) groups is 1. The minimum Gasteiger partial charge on any atom is -0.482 e. The zero-order valence-corrected chi connectivity index (χ0v) is 11.3. The first-order chi connectivity index (χ1) is 9.15. The van der Waals surface area contributed by atoms with Crippen LogP contribution in [0.15, 0.2) is 18.2 Å². The van der Waals surface area contributed by atoms with Crippen LogP contribution in [0.25, 0.3) is 0 Å². The Hall–Kier alpha value is -1.55. The van der Waals surface area contributed by atoms with Crippen molar-refractivity contribution in [2.45, 2.75) is 37.6 Å². The van der Waals surface area contributed by atoms with Gasteiger partial charge in [0.2, 0.25) is 0 Å². The van der Waals surface area contributed by atoms with Gasteiger partial charge in [-0.1, -0.05) is 6.07 Å². The molecule has 1 heterocycles. The molecule has 1 fully saturated rings. The monoisotopic (exact) mass is 260 g/mol. The summed E-state index contributed by atoms with van der Waals surface area (Å²) < 4.78 is 5.54. The van der Waals surface area contributed by atoms with Gasteiger partial charge in [0.25, 0.3) is 5.91 Å². The SMILES string of the molecule is CN1C(=O)COc2cc(C3CCC(N)CC3)ccc21. The van der Waals surface area contributed by atoms with Crippen molar-refractivity contribution < 1.29 is 9.53 Å². The van der Waals surface area contributed by atoms with Gasteiger partial charge in [0.1, 0.15) is 5.75 Å². The topological polar surface area (TPSA) is 55.6 Å². The summed E-state index contributed by atoms with van der Waals surface area (Å²) in [6.07, 6.45) is 4.49. The molecular weight excluding hydrogens is 240 g/mol. The van der Waals surface area contributed by atoms with E-state index in [4.69, 9.17) is 10.5 Å². The fourth-order valence-corrected chi connectivity index (χ4v) is 3.00. The van der Waals surface area contributed by atoms with Crippen LogP contribution >= 0.6 is 0 Å². The normalized spacial score (nSPS) is 26.8. The molecule has 0 saturated heterocycles. The van der Waals surface area contributed by atoms with Gasteiger partial charge in [-0.3, -0.25) is 4.79 Å². The number of anilines is 1. The lowest BCUT2D eigenvalue weighted by Crippen LogP contribution is -2.35. The summed E-state index contributed by atoms with van der Waals surface area (Å²) in [5, 5.41) is 0. The van der Waals surface area contributed by atoms with Crippen LogP contribution in [-0.4, -0.2) is 25.6 Å². The van der Waals surface area contributed by atoms with Gasteiger partial charge < -0.3 is 15.4 Å². The van der Waals surface area contributed by atoms with Gasteiger partial charge in [0.15, 0.2) is 6.61 Å². The molecule has 4 heteroatoms. The van der Waals surface area contributed by atoms with E-state index >= 15 is 0 Å². The number of ether oxygens (including phenoxy) is 1. The van der Waals surface area contributed by atoms with Crippen LogP contribution in [0.4, 0.5) is 5.69 Å². The summed E-state index contributed by atoms with van der Waals surface area (Å²) in [5.41, 5.74) is 8.13. The Bertz CT molecular complexity index is 493. The van der Waals surface area contributed by atoms with E-state index in [-0.39, 0.29) is 12.5 Å². The van der Waals surface area contributed by atoms with Gasteiger partial charge in [-0.2, -0.15) is 0 Å². The average Bonchev–Trinajstić information content (AvgIpc) is 2.43. The Morgan fingerprint density at radius 3 is 2.74 bits per heavy atom. The maximum Gasteiger partial charge on any atom is 0.264 e. The maximum absolute atomic E-state index is 11.6. The van der Waals surface area contributed by atoms with Crippen LogP contribution < -0.4 is 15.4 Å². The summed E-state index contributed by atoms with van der Waals surface area (Å²) in [7, 11) is 1.79. The molecule has 0 aromatic heterocycles. The van der Waals surface area contributed by atoms with Crippen molar-refractivity contribution in [3.05, 3.63) is 23.8 Å². The minimum atomic E-state index is 0.00360. The summed E-state index contributed by atoms with van der Waals surface area (Å²) >= 11 is 0. The zero-order valence-electron chi connectivity index (χ0n) is 11.3. The second-order valence-corrected chi connectivity index (χ2v) is 5.58. The van der Waals surface area contributed by atoms with E-state index in [0.29, 0.717) is 12.0 Å². The highest BCUT2D eigenvalue weighted by atomic mass is 16.5. The molecule has 1 aliphatic heterocycles. The number of carbonyl (C=O) groups excluding carboxylic acids is 1. The Balaban J connectivity index is 1.84. The van der Waals surface area contributed by atoms with E-state index in [1.54, 1.807) is 11.9 Å². The average molecular weight is 260 g/mol. The van der Waals surface area contributed by atoms with Crippen molar-refractivity contribution in [1.29, 1.82) is 0 Å². The van der Waals surface area contributed by atoms with Crippen LogP contribution in [0.1, 0.15) is 37.2 Å². The van der Waals surface area contributed by atoms with Crippen molar-refractivity contribution in [3.8, 4) is 5.75 Å². The predicted octanol–water partition coefficient (Wildman–Crippen LogP) is 2.03. The molecule has 1 aromatic carbocycles. The smallest absolute Gasteiger partial charge is 0.264 e. The van der Waals surface area contributed by atoms with Crippen molar-refractivity contribution >= 4 is 11.6 Å². The second kappa shape index (κ2) is 4.85. The molecule has 2 aliphatic rings. The molecule has 2 N–H and O–H groups in total. The molecule has 1 amide bonds. The van der Waals surface area contributed by atoms with Crippen molar-refractivity contribution in [1.82, 2.24) is 0 Å². The van der Waals surface area contributed by atoms with Crippen LogP contribution in [0.3, 0.4) is 0 Å². The Morgan fingerprint density at radius 1 is 1.26 bits per heavy atom. The van der Waals surface area contributed by atoms with Gasteiger partial charge in [0, 0.05) is 13.1 Å². The lowest BCUT2D eigenvalue weighted by Gasteiger charge is -2.29. The fourth-order valence-electron chi connectivity index (χ4n) is 3.00. The van der Waals surface area contributed by atoms with Gasteiger partial charge >= 0.3 is 0 Å².